The van der Waals surface area contributed by atoms with Gasteiger partial charge in [-0.2, -0.15) is 0 Å². The van der Waals surface area contributed by atoms with Crippen LogP contribution in [0.15, 0.2) is 54.7 Å². The maximum Gasteiger partial charge on any atom is 0.298 e. The Kier molecular flexibility index (Phi) is 3.41. The van der Waals surface area contributed by atoms with E-state index in [0.717, 1.165) is 16.9 Å². The summed E-state index contributed by atoms with van der Waals surface area (Å²) in [6.07, 6.45) is 1.90. The van der Waals surface area contributed by atoms with Crippen LogP contribution in [0.25, 0.3) is 16.9 Å². The van der Waals surface area contributed by atoms with Gasteiger partial charge in [-0.3, -0.25) is 14.0 Å². The van der Waals surface area contributed by atoms with Crippen molar-refractivity contribution in [3.05, 3.63) is 60.4 Å². The zero-order chi connectivity index (χ0) is 14.8. The lowest BCUT2D eigenvalue weighted by Crippen LogP contribution is -2.26. The van der Waals surface area contributed by atoms with E-state index in [1.807, 2.05) is 59.1 Å². The smallest absolute Gasteiger partial charge is 0.298 e. The molecule has 0 fully saturated rings. The first-order valence-corrected chi connectivity index (χ1v) is 6.57. The van der Waals surface area contributed by atoms with Crippen molar-refractivity contribution >= 4 is 11.6 Å². The molecule has 5 heteroatoms. The Morgan fingerprint density at radius 1 is 1.14 bits per heavy atom. The quantitative estimate of drug-likeness (QED) is 0.693. The van der Waals surface area contributed by atoms with Gasteiger partial charge in [0.2, 0.25) is 0 Å². The minimum atomic E-state index is -0.278. The van der Waals surface area contributed by atoms with E-state index in [2.05, 4.69) is 4.98 Å². The summed E-state index contributed by atoms with van der Waals surface area (Å²) in [6, 6.07) is 15.4. The van der Waals surface area contributed by atoms with E-state index in [9.17, 15) is 4.79 Å². The highest BCUT2D eigenvalue weighted by molar-refractivity contribution is 5.98. The van der Waals surface area contributed by atoms with E-state index in [0.29, 0.717) is 5.69 Å². The highest BCUT2D eigenvalue weighted by atomic mass is 16.7. The lowest BCUT2D eigenvalue weighted by molar-refractivity contribution is -0.0759. The van der Waals surface area contributed by atoms with E-state index < -0.39 is 0 Å². The lowest BCUT2D eigenvalue weighted by Gasteiger charge is -2.13. The Morgan fingerprint density at radius 3 is 2.57 bits per heavy atom. The van der Waals surface area contributed by atoms with Gasteiger partial charge in [0.05, 0.1) is 12.8 Å². The number of fused-ring (bicyclic) bond motifs is 1. The summed E-state index contributed by atoms with van der Waals surface area (Å²) in [7, 11) is 3.02. The summed E-state index contributed by atoms with van der Waals surface area (Å²) in [6.45, 7) is 0. The number of carbonyl (C=O) groups excluding carboxylic acids is 1. The van der Waals surface area contributed by atoms with Crippen molar-refractivity contribution in [2.24, 2.45) is 0 Å². The fourth-order valence-corrected chi connectivity index (χ4v) is 2.25. The lowest BCUT2D eigenvalue weighted by atomic mass is 10.1. The number of imidazole rings is 1. The first-order chi connectivity index (χ1) is 10.2. The van der Waals surface area contributed by atoms with E-state index >= 15 is 0 Å². The number of benzene rings is 1. The Balaban J connectivity index is 2.27. The highest BCUT2D eigenvalue weighted by Gasteiger charge is 2.22. The number of nitrogens with zero attached hydrogens (tertiary/aromatic N) is 3. The van der Waals surface area contributed by atoms with Gasteiger partial charge in [-0.1, -0.05) is 36.4 Å². The van der Waals surface area contributed by atoms with Crippen LogP contribution in [0.3, 0.4) is 0 Å². The van der Waals surface area contributed by atoms with Crippen LogP contribution in [0.4, 0.5) is 0 Å². The molecule has 3 aromatic rings. The summed E-state index contributed by atoms with van der Waals surface area (Å²) < 4.78 is 1.91. The number of carbonyl (C=O) groups is 1. The van der Waals surface area contributed by atoms with Crippen molar-refractivity contribution in [1.29, 1.82) is 0 Å². The molecular formula is C16H15N3O2. The molecule has 0 atom stereocenters. The van der Waals surface area contributed by atoms with Gasteiger partial charge in [0.15, 0.2) is 5.69 Å². The van der Waals surface area contributed by atoms with Crippen LogP contribution in [0.5, 0.6) is 0 Å². The molecule has 0 saturated carbocycles. The fraction of sp³-hybridized carbons (Fsp3) is 0.125. The van der Waals surface area contributed by atoms with Gasteiger partial charge < -0.3 is 0 Å². The first kappa shape index (κ1) is 13.3. The third kappa shape index (κ3) is 2.28. The van der Waals surface area contributed by atoms with Gasteiger partial charge in [-0.15, -0.1) is 0 Å². The fourth-order valence-electron chi connectivity index (χ4n) is 2.25. The third-order valence-corrected chi connectivity index (χ3v) is 3.34. The minimum Gasteiger partial charge on any atom is -0.299 e. The average Bonchev–Trinajstić information content (AvgIpc) is 2.93. The van der Waals surface area contributed by atoms with Gasteiger partial charge in [0.1, 0.15) is 5.65 Å². The highest BCUT2D eigenvalue weighted by Crippen LogP contribution is 2.25. The van der Waals surface area contributed by atoms with Crippen molar-refractivity contribution < 1.29 is 9.63 Å². The monoisotopic (exact) mass is 281 g/mol. The number of amides is 1. The molecule has 0 unspecified atom stereocenters. The van der Waals surface area contributed by atoms with Crippen molar-refractivity contribution in [2.75, 3.05) is 14.2 Å². The number of rotatable bonds is 3. The van der Waals surface area contributed by atoms with Gasteiger partial charge in [0, 0.05) is 18.8 Å². The van der Waals surface area contributed by atoms with Crippen LogP contribution >= 0.6 is 0 Å². The largest absolute Gasteiger partial charge is 0.299 e. The predicted octanol–water partition coefficient (Wildman–Crippen LogP) is 2.63. The molecule has 0 spiro atoms. The molecule has 0 bridgehead atoms. The Hall–Kier alpha value is -2.66. The average molecular weight is 281 g/mol. The summed E-state index contributed by atoms with van der Waals surface area (Å²) in [4.78, 5) is 21.9. The van der Waals surface area contributed by atoms with Gasteiger partial charge in [-0.25, -0.2) is 10.0 Å². The third-order valence-electron chi connectivity index (χ3n) is 3.34. The Labute approximate surface area is 122 Å². The standard InChI is InChI=1S/C16H15N3O2/c1-18(21-2)16(20)14-15(12-8-4-3-5-9-12)19-11-7-6-10-13(19)17-14/h3-11H,1-2H3. The first-order valence-electron chi connectivity index (χ1n) is 6.57. The van der Waals surface area contributed by atoms with Crippen LogP contribution in [-0.4, -0.2) is 34.5 Å². The molecule has 21 heavy (non-hydrogen) atoms. The van der Waals surface area contributed by atoms with Crippen molar-refractivity contribution in [3.8, 4) is 11.3 Å². The predicted molar refractivity (Wildman–Crippen MR) is 79.7 cm³/mol. The normalized spacial score (nSPS) is 10.8. The number of hydrogen-bond donors (Lipinski definition) is 0. The van der Waals surface area contributed by atoms with Crippen LogP contribution in [-0.2, 0) is 4.84 Å². The number of pyridine rings is 1. The van der Waals surface area contributed by atoms with Crippen LogP contribution in [0, 0.1) is 0 Å². The van der Waals surface area contributed by atoms with Crippen LogP contribution in [0.2, 0.25) is 0 Å². The summed E-state index contributed by atoms with van der Waals surface area (Å²) >= 11 is 0. The molecule has 1 amide bonds. The Bertz CT molecular complexity index is 781. The van der Waals surface area contributed by atoms with Crippen LogP contribution in [0.1, 0.15) is 10.5 Å². The molecule has 106 valence electrons. The zero-order valence-corrected chi connectivity index (χ0v) is 11.9. The molecule has 1 aromatic carbocycles. The number of aromatic nitrogens is 2. The SMILES string of the molecule is CON(C)C(=O)c1nc2ccccn2c1-c1ccccc1. The maximum absolute atomic E-state index is 12.5. The second-order valence-corrected chi connectivity index (χ2v) is 4.59. The topological polar surface area (TPSA) is 46.8 Å². The van der Waals surface area contributed by atoms with E-state index in [1.54, 1.807) is 7.05 Å². The maximum atomic E-state index is 12.5. The van der Waals surface area contributed by atoms with Gasteiger partial charge >= 0.3 is 0 Å². The minimum absolute atomic E-state index is 0.278. The van der Waals surface area contributed by atoms with E-state index in [-0.39, 0.29) is 5.91 Å². The number of hydroxylamine groups is 2. The van der Waals surface area contributed by atoms with E-state index in [4.69, 9.17) is 4.84 Å². The summed E-state index contributed by atoms with van der Waals surface area (Å²) in [5, 5.41) is 1.17. The Morgan fingerprint density at radius 2 is 1.86 bits per heavy atom. The molecule has 2 aromatic heterocycles. The number of hydrogen-bond acceptors (Lipinski definition) is 3. The van der Waals surface area contributed by atoms with Crippen LogP contribution < -0.4 is 0 Å². The summed E-state index contributed by atoms with van der Waals surface area (Å²) in [5.74, 6) is -0.278. The molecule has 0 aliphatic rings. The molecule has 0 N–H and O–H groups in total. The zero-order valence-electron chi connectivity index (χ0n) is 11.9. The molecule has 0 aliphatic carbocycles. The molecule has 0 aliphatic heterocycles. The van der Waals surface area contributed by atoms with Gasteiger partial charge in [0.25, 0.3) is 5.91 Å². The molecular weight excluding hydrogens is 266 g/mol. The van der Waals surface area contributed by atoms with Crippen molar-refractivity contribution in [2.45, 2.75) is 0 Å². The second kappa shape index (κ2) is 5.38. The molecule has 5 nitrogen and oxygen atoms in total. The van der Waals surface area contributed by atoms with E-state index in [1.165, 1.54) is 12.2 Å². The second-order valence-electron chi connectivity index (χ2n) is 4.59. The molecule has 3 rings (SSSR count). The molecule has 0 radical (unpaired) electrons. The van der Waals surface area contributed by atoms with Crippen molar-refractivity contribution in [3.63, 3.8) is 0 Å². The molecule has 2 heterocycles. The molecule has 0 saturated heterocycles. The van der Waals surface area contributed by atoms with Crippen molar-refractivity contribution in [1.82, 2.24) is 14.4 Å². The van der Waals surface area contributed by atoms with Gasteiger partial charge in [-0.05, 0) is 12.1 Å². The summed E-state index contributed by atoms with van der Waals surface area (Å²) in [5.41, 5.74) is 2.80.